The Morgan fingerprint density at radius 2 is 1.65 bits per heavy atom. The second-order valence-corrected chi connectivity index (χ2v) is 8.39. The van der Waals surface area contributed by atoms with Crippen LogP contribution in [-0.4, -0.2) is 30.9 Å². The summed E-state index contributed by atoms with van der Waals surface area (Å²) in [7, 11) is 3.16. The van der Waals surface area contributed by atoms with Gasteiger partial charge in [0.25, 0.3) is 11.8 Å². The number of hydrogen-bond donors (Lipinski definition) is 1. The highest BCUT2D eigenvalue weighted by Crippen LogP contribution is 2.27. The van der Waals surface area contributed by atoms with Crippen LogP contribution in [0.3, 0.4) is 0 Å². The molecule has 0 aliphatic heterocycles. The number of rotatable bonds is 6. The molecular weight excluding hydrogens is 392 g/mol. The van der Waals surface area contributed by atoms with Gasteiger partial charge in [0.15, 0.2) is 5.76 Å². The highest BCUT2D eigenvalue weighted by atomic mass is 16.5. The Labute approximate surface area is 182 Å². The van der Waals surface area contributed by atoms with E-state index in [1.807, 2.05) is 24.3 Å². The molecule has 0 aliphatic carbocycles. The summed E-state index contributed by atoms with van der Waals surface area (Å²) in [5.74, 6) is 0.129. The molecule has 0 saturated heterocycles. The van der Waals surface area contributed by atoms with Crippen molar-refractivity contribution >= 4 is 17.5 Å². The number of nitrogens with one attached hydrogen (secondary N) is 1. The molecule has 0 aliphatic rings. The fraction of sp³-hybridized carbons (Fsp3) is 0.280. The van der Waals surface area contributed by atoms with Crippen molar-refractivity contribution in [1.82, 2.24) is 4.90 Å². The van der Waals surface area contributed by atoms with Crippen molar-refractivity contribution in [2.24, 2.45) is 0 Å². The number of furan rings is 1. The summed E-state index contributed by atoms with van der Waals surface area (Å²) in [6, 6.07) is 17.2. The fourth-order valence-electron chi connectivity index (χ4n) is 3.29. The first-order valence-corrected chi connectivity index (χ1v) is 10.1. The summed E-state index contributed by atoms with van der Waals surface area (Å²) in [4.78, 5) is 27.6. The number of likely N-dealkylation sites (N-methyl/N-ethyl adjacent to an activating group) is 1. The van der Waals surface area contributed by atoms with Crippen LogP contribution in [0, 0.1) is 0 Å². The lowest BCUT2D eigenvalue weighted by atomic mass is 9.87. The van der Waals surface area contributed by atoms with Gasteiger partial charge in [0.05, 0.1) is 13.4 Å². The fourth-order valence-corrected chi connectivity index (χ4v) is 3.29. The van der Waals surface area contributed by atoms with Crippen LogP contribution < -0.4 is 10.1 Å². The van der Waals surface area contributed by atoms with Crippen molar-refractivity contribution in [2.45, 2.75) is 32.2 Å². The highest BCUT2D eigenvalue weighted by molar-refractivity contribution is 6.00. The van der Waals surface area contributed by atoms with Crippen LogP contribution in [0.25, 0.3) is 0 Å². The molecule has 2 aromatic carbocycles. The maximum atomic E-state index is 13.3. The summed E-state index contributed by atoms with van der Waals surface area (Å²) in [6.07, 6.45) is 1.43. The normalized spacial score (nSPS) is 12.2. The maximum Gasteiger partial charge on any atom is 0.290 e. The predicted molar refractivity (Wildman–Crippen MR) is 120 cm³/mol. The number of benzene rings is 2. The molecule has 3 rings (SSSR count). The van der Waals surface area contributed by atoms with Crippen molar-refractivity contribution in [2.75, 3.05) is 19.5 Å². The largest absolute Gasteiger partial charge is 0.497 e. The standard InChI is InChI=1S/C25H28N2O4/c1-25(2,3)18-10-12-19(13-11-18)26-23(28)22(17-8-14-20(30-5)15-9-17)27(4)24(29)21-7-6-16-31-21/h6-16,22H,1-5H3,(H,26,28)/t22-/m1/s1. The Hall–Kier alpha value is -3.54. The third kappa shape index (κ3) is 5.15. The summed E-state index contributed by atoms with van der Waals surface area (Å²) >= 11 is 0. The van der Waals surface area contributed by atoms with Gasteiger partial charge in [-0.1, -0.05) is 45.0 Å². The van der Waals surface area contributed by atoms with Crippen molar-refractivity contribution in [3.8, 4) is 5.75 Å². The molecule has 31 heavy (non-hydrogen) atoms. The van der Waals surface area contributed by atoms with Crippen LogP contribution in [0.2, 0.25) is 0 Å². The average Bonchev–Trinajstić information content (AvgIpc) is 3.28. The highest BCUT2D eigenvalue weighted by Gasteiger charge is 2.30. The van der Waals surface area contributed by atoms with Gasteiger partial charge in [-0.15, -0.1) is 0 Å². The third-order valence-corrected chi connectivity index (χ3v) is 5.14. The number of nitrogens with zero attached hydrogens (tertiary/aromatic N) is 1. The molecule has 0 bridgehead atoms. The Kier molecular flexibility index (Phi) is 6.49. The van der Waals surface area contributed by atoms with Crippen LogP contribution in [0.15, 0.2) is 71.3 Å². The first kappa shape index (κ1) is 22.2. The van der Waals surface area contributed by atoms with E-state index in [4.69, 9.17) is 9.15 Å². The van der Waals surface area contributed by atoms with Crippen LogP contribution in [0.5, 0.6) is 5.75 Å². The number of carbonyl (C=O) groups is 2. The average molecular weight is 421 g/mol. The minimum Gasteiger partial charge on any atom is -0.497 e. The van der Waals surface area contributed by atoms with Gasteiger partial charge in [0.2, 0.25) is 0 Å². The van der Waals surface area contributed by atoms with E-state index in [0.717, 1.165) is 0 Å². The Bertz CT molecular complexity index is 1020. The molecule has 162 valence electrons. The molecule has 1 atom stereocenters. The molecule has 6 nitrogen and oxygen atoms in total. The quantitative estimate of drug-likeness (QED) is 0.607. The lowest BCUT2D eigenvalue weighted by Crippen LogP contribution is -2.38. The zero-order valence-electron chi connectivity index (χ0n) is 18.5. The first-order chi connectivity index (χ1) is 14.7. The molecule has 2 amide bonds. The van der Waals surface area contributed by atoms with Crippen molar-refractivity contribution in [1.29, 1.82) is 0 Å². The molecule has 0 fully saturated rings. The molecular formula is C25H28N2O4. The van der Waals surface area contributed by atoms with E-state index in [-0.39, 0.29) is 23.0 Å². The maximum absolute atomic E-state index is 13.3. The lowest BCUT2D eigenvalue weighted by molar-refractivity contribution is -0.120. The molecule has 0 saturated carbocycles. The number of ether oxygens (including phenoxy) is 1. The summed E-state index contributed by atoms with van der Waals surface area (Å²) in [6.45, 7) is 6.40. The van der Waals surface area contributed by atoms with E-state index >= 15 is 0 Å². The summed E-state index contributed by atoms with van der Waals surface area (Å²) < 4.78 is 10.5. The number of amides is 2. The van der Waals surface area contributed by atoms with Gasteiger partial charge in [0, 0.05) is 12.7 Å². The van der Waals surface area contributed by atoms with E-state index in [9.17, 15) is 9.59 Å². The molecule has 0 radical (unpaired) electrons. The zero-order chi connectivity index (χ0) is 22.6. The monoisotopic (exact) mass is 420 g/mol. The first-order valence-electron chi connectivity index (χ1n) is 10.1. The minimum atomic E-state index is -0.856. The van der Waals surface area contributed by atoms with Crippen molar-refractivity contribution in [3.05, 3.63) is 83.8 Å². The second kappa shape index (κ2) is 9.08. The zero-order valence-corrected chi connectivity index (χ0v) is 18.5. The van der Waals surface area contributed by atoms with Crippen molar-refractivity contribution < 1.29 is 18.7 Å². The topological polar surface area (TPSA) is 71.8 Å². The molecule has 6 heteroatoms. The number of hydrogen-bond acceptors (Lipinski definition) is 4. The molecule has 0 unspecified atom stereocenters. The smallest absolute Gasteiger partial charge is 0.290 e. The van der Waals surface area contributed by atoms with E-state index in [1.54, 1.807) is 50.6 Å². The lowest BCUT2D eigenvalue weighted by Gasteiger charge is -2.27. The number of methoxy groups -OCH3 is 1. The SMILES string of the molecule is COc1ccc([C@H](C(=O)Nc2ccc(C(C)(C)C)cc2)N(C)C(=O)c2ccco2)cc1. The van der Waals surface area contributed by atoms with Crippen LogP contribution in [-0.2, 0) is 10.2 Å². The van der Waals surface area contributed by atoms with Gasteiger partial charge in [-0.3, -0.25) is 9.59 Å². The minimum absolute atomic E-state index is 0.0177. The molecule has 1 N–H and O–H groups in total. The predicted octanol–water partition coefficient (Wildman–Crippen LogP) is 5.04. The van der Waals surface area contributed by atoms with Crippen LogP contribution in [0.1, 0.15) is 48.5 Å². The Morgan fingerprint density at radius 1 is 1.00 bits per heavy atom. The molecule has 3 aromatic rings. The second-order valence-electron chi connectivity index (χ2n) is 8.39. The number of anilines is 1. The van der Waals surface area contributed by atoms with Gasteiger partial charge in [0.1, 0.15) is 11.8 Å². The Balaban J connectivity index is 1.89. The van der Waals surface area contributed by atoms with E-state index in [0.29, 0.717) is 17.0 Å². The van der Waals surface area contributed by atoms with E-state index in [2.05, 4.69) is 26.1 Å². The van der Waals surface area contributed by atoms with Crippen LogP contribution in [0.4, 0.5) is 5.69 Å². The van der Waals surface area contributed by atoms with Gasteiger partial charge in [-0.05, 0) is 52.9 Å². The summed E-state index contributed by atoms with van der Waals surface area (Å²) in [5.41, 5.74) is 2.51. The van der Waals surface area contributed by atoms with Crippen molar-refractivity contribution in [3.63, 3.8) is 0 Å². The molecule has 0 spiro atoms. The van der Waals surface area contributed by atoms with E-state index < -0.39 is 6.04 Å². The van der Waals surface area contributed by atoms with Gasteiger partial charge in [-0.2, -0.15) is 0 Å². The number of carbonyl (C=O) groups excluding carboxylic acids is 2. The molecule has 1 aromatic heterocycles. The molecule has 1 heterocycles. The van der Waals surface area contributed by atoms with Gasteiger partial charge in [-0.25, -0.2) is 0 Å². The van der Waals surface area contributed by atoms with Gasteiger partial charge >= 0.3 is 0 Å². The van der Waals surface area contributed by atoms with E-state index in [1.165, 1.54) is 16.7 Å². The summed E-state index contributed by atoms with van der Waals surface area (Å²) in [5, 5.41) is 2.93. The third-order valence-electron chi connectivity index (χ3n) is 5.14. The Morgan fingerprint density at radius 3 is 2.16 bits per heavy atom. The van der Waals surface area contributed by atoms with Crippen LogP contribution >= 0.6 is 0 Å². The van der Waals surface area contributed by atoms with Gasteiger partial charge < -0.3 is 19.4 Å².